The molecule has 26 heavy (non-hydrogen) atoms. The summed E-state index contributed by atoms with van der Waals surface area (Å²) in [5.41, 5.74) is 2.01. The Kier molecular flexibility index (Phi) is 5.00. The Morgan fingerprint density at radius 3 is 2.77 bits per heavy atom. The van der Waals surface area contributed by atoms with Crippen molar-refractivity contribution in [2.45, 2.75) is 18.8 Å². The first kappa shape index (κ1) is 17.2. The van der Waals surface area contributed by atoms with Crippen molar-refractivity contribution < 1.29 is 4.79 Å². The first-order chi connectivity index (χ1) is 12.7. The van der Waals surface area contributed by atoms with Crippen molar-refractivity contribution in [2.75, 3.05) is 13.1 Å². The van der Waals surface area contributed by atoms with Gasteiger partial charge in [-0.15, -0.1) is 11.3 Å². The average Bonchev–Trinajstić information content (AvgIpc) is 3.14. The number of hydrogen-bond acceptors (Lipinski definition) is 4. The molecule has 0 saturated carbocycles. The van der Waals surface area contributed by atoms with E-state index in [0.29, 0.717) is 15.8 Å². The number of carbonyl (C=O) groups is 1. The second kappa shape index (κ2) is 7.56. The van der Waals surface area contributed by atoms with Crippen LogP contribution in [0.3, 0.4) is 0 Å². The lowest BCUT2D eigenvalue weighted by atomic mass is 9.94. The number of amides is 1. The van der Waals surface area contributed by atoms with Crippen molar-refractivity contribution in [3.63, 3.8) is 0 Å². The highest BCUT2D eigenvalue weighted by molar-refractivity contribution is 7.17. The molecule has 0 unspecified atom stereocenters. The van der Waals surface area contributed by atoms with Gasteiger partial charge >= 0.3 is 0 Å². The molecule has 6 heteroatoms. The van der Waals surface area contributed by atoms with Crippen LogP contribution in [0, 0.1) is 0 Å². The Hall–Kier alpha value is -2.24. The molecular weight excluding hydrogens is 366 g/mol. The standard InChI is InChI=1S/C20H18ClN3OS/c21-18-9-8-17(26-18)20(25)24-12-4-7-15(13-24)16-10-11-22-19(23-16)14-5-2-1-3-6-14/h1-3,5-6,8-11,15H,4,7,12-13H2/t15-/m0/s1. The Bertz CT molecular complexity index is 912. The van der Waals surface area contributed by atoms with Gasteiger partial charge in [-0.05, 0) is 31.0 Å². The molecule has 1 amide bonds. The van der Waals surface area contributed by atoms with Crippen LogP contribution in [0.25, 0.3) is 11.4 Å². The quantitative estimate of drug-likeness (QED) is 0.647. The smallest absolute Gasteiger partial charge is 0.263 e. The van der Waals surface area contributed by atoms with E-state index in [4.69, 9.17) is 16.6 Å². The summed E-state index contributed by atoms with van der Waals surface area (Å²) in [4.78, 5) is 24.5. The number of hydrogen-bond donors (Lipinski definition) is 0. The van der Waals surface area contributed by atoms with E-state index in [1.807, 2.05) is 47.5 Å². The summed E-state index contributed by atoms with van der Waals surface area (Å²) in [7, 11) is 0. The molecule has 1 aliphatic rings. The molecular formula is C20H18ClN3OS. The molecule has 1 aliphatic heterocycles. The number of nitrogens with zero attached hydrogens (tertiary/aromatic N) is 3. The van der Waals surface area contributed by atoms with Crippen LogP contribution in [0.2, 0.25) is 4.34 Å². The molecule has 0 aliphatic carbocycles. The van der Waals surface area contributed by atoms with E-state index in [2.05, 4.69) is 4.98 Å². The van der Waals surface area contributed by atoms with Crippen LogP contribution >= 0.6 is 22.9 Å². The Balaban J connectivity index is 1.54. The first-order valence-corrected chi connectivity index (χ1v) is 9.83. The fraction of sp³-hybridized carbons (Fsp3) is 0.250. The van der Waals surface area contributed by atoms with Gasteiger partial charge < -0.3 is 4.90 Å². The third-order valence-corrected chi connectivity index (χ3v) is 5.84. The van der Waals surface area contributed by atoms with Crippen molar-refractivity contribution in [1.29, 1.82) is 0 Å². The lowest BCUT2D eigenvalue weighted by Gasteiger charge is -2.32. The molecule has 4 nitrogen and oxygen atoms in total. The SMILES string of the molecule is O=C(c1ccc(Cl)s1)N1CCC[C@H](c2ccnc(-c3ccccc3)n2)C1. The fourth-order valence-corrected chi connectivity index (χ4v) is 4.33. The molecule has 1 fully saturated rings. The van der Waals surface area contributed by atoms with Gasteiger partial charge in [0.1, 0.15) is 0 Å². The van der Waals surface area contributed by atoms with Gasteiger partial charge in [-0.25, -0.2) is 9.97 Å². The van der Waals surface area contributed by atoms with Crippen molar-refractivity contribution in [1.82, 2.24) is 14.9 Å². The molecule has 0 bridgehead atoms. The predicted octanol–water partition coefficient (Wildman–Crippen LogP) is 4.88. The molecule has 3 aromatic rings. The highest BCUT2D eigenvalue weighted by Crippen LogP contribution is 2.29. The molecule has 2 aromatic heterocycles. The normalized spacial score (nSPS) is 17.3. The van der Waals surface area contributed by atoms with Gasteiger partial charge in [-0.2, -0.15) is 0 Å². The van der Waals surface area contributed by atoms with E-state index in [1.54, 1.807) is 12.1 Å². The second-order valence-corrected chi connectivity index (χ2v) is 8.08. The van der Waals surface area contributed by atoms with Crippen molar-refractivity contribution in [2.24, 2.45) is 0 Å². The number of piperidine rings is 1. The van der Waals surface area contributed by atoms with Gasteiger partial charge in [0.25, 0.3) is 5.91 Å². The van der Waals surface area contributed by atoms with Crippen LogP contribution in [0.5, 0.6) is 0 Å². The molecule has 1 saturated heterocycles. The highest BCUT2D eigenvalue weighted by Gasteiger charge is 2.27. The predicted molar refractivity (Wildman–Crippen MR) is 105 cm³/mol. The summed E-state index contributed by atoms with van der Waals surface area (Å²) in [5.74, 6) is 1.02. The van der Waals surface area contributed by atoms with Gasteiger partial charge in [0.05, 0.1) is 9.21 Å². The molecule has 1 aromatic carbocycles. The topological polar surface area (TPSA) is 46.1 Å². The Morgan fingerprint density at radius 2 is 2.00 bits per heavy atom. The molecule has 1 atom stereocenters. The van der Waals surface area contributed by atoms with Crippen molar-refractivity contribution in [3.8, 4) is 11.4 Å². The van der Waals surface area contributed by atoms with E-state index >= 15 is 0 Å². The zero-order valence-corrected chi connectivity index (χ0v) is 15.7. The van der Waals surface area contributed by atoms with Crippen LogP contribution in [0.1, 0.15) is 34.1 Å². The van der Waals surface area contributed by atoms with Crippen LogP contribution in [-0.4, -0.2) is 33.9 Å². The van der Waals surface area contributed by atoms with E-state index < -0.39 is 0 Å². The lowest BCUT2D eigenvalue weighted by Crippen LogP contribution is -2.39. The molecule has 4 rings (SSSR count). The van der Waals surface area contributed by atoms with E-state index in [-0.39, 0.29) is 11.8 Å². The van der Waals surface area contributed by atoms with Crippen LogP contribution < -0.4 is 0 Å². The molecule has 0 spiro atoms. The van der Waals surface area contributed by atoms with Gasteiger partial charge in [-0.3, -0.25) is 4.79 Å². The summed E-state index contributed by atoms with van der Waals surface area (Å²) in [6.07, 6.45) is 3.81. The summed E-state index contributed by atoms with van der Waals surface area (Å²) in [6.45, 7) is 1.46. The van der Waals surface area contributed by atoms with Crippen molar-refractivity contribution >= 4 is 28.8 Å². The number of aromatic nitrogens is 2. The minimum Gasteiger partial charge on any atom is -0.337 e. The second-order valence-electron chi connectivity index (χ2n) is 6.37. The number of thiophene rings is 1. The van der Waals surface area contributed by atoms with Gasteiger partial charge in [0, 0.05) is 36.5 Å². The first-order valence-electron chi connectivity index (χ1n) is 8.63. The number of carbonyl (C=O) groups excluding carboxylic acids is 1. The lowest BCUT2D eigenvalue weighted by molar-refractivity contribution is 0.0711. The maximum absolute atomic E-state index is 12.7. The van der Waals surface area contributed by atoms with Crippen LogP contribution in [-0.2, 0) is 0 Å². The minimum atomic E-state index is 0.0592. The minimum absolute atomic E-state index is 0.0592. The zero-order chi connectivity index (χ0) is 17.9. The molecule has 3 heterocycles. The maximum atomic E-state index is 12.7. The average molecular weight is 384 g/mol. The number of benzene rings is 1. The van der Waals surface area contributed by atoms with Crippen LogP contribution in [0.4, 0.5) is 0 Å². The summed E-state index contributed by atoms with van der Waals surface area (Å²) >= 11 is 7.31. The maximum Gasteiger partial charge on any atom is 0.263 e. The zero-order valence-electron chi connectivity index (χ0n) is 14.1. The fourth-order valence-electron chi connectivity index (χ4n) is 3.31. The molecule has 0 radical (unpaired) electrons. The summed E-state index contributed by atoms with van der Waals surface area (Å²) < 4.78 is 0.644. The number of rotatable bonds is 3. The monoisotopic (exact) mass is 383 g/mol. The van der Waals surface area contributed by atoms with E-state index in [9.17, 15) is 4.79 Å². The third-order valence-electron chi connectivity index (χ3n) is 4.62. The van der Waals surface area contributed by atoms with Crippen LogP contribution in [0.15, 0.2) is 54.7 Å². The van der Waals surface area contributed by atoms with E-state index in [0.717, 1.165) is 36.5 Å². The third kappa shape index (κ3) is 3.64. The number of halogens is 1. The summed E-state index contributed by atoms with van der Waals surface area (Å²) in [5, 5.41) is 0. The largest absolute Gasteiger partial charge is 0.337 e. The Labute approximate surface area is 161 Å². The van der Waals surface area contributed by atoms with Crippen molar-refractivity contribution in [3.05, 3.63) is 69.6 Å². The van der Waals surface area contributed by atoms with Gasteiger partial charge in [0.15, 0.2) is 5.82 Å². The molecule has 0 N–H and O–H groups in total. The van der Waals surface area contributed by atoms with Gasteiger partial charge in [0.2, 0.25) is 0 Å². The Morgan fingerprint density at radius 1 is 1.15 bits per heavy atom. The summed E-state index contributed by atoms with van der Waals surface area (Å²) in [6, 6.07) is 15.5. The highest BCUT2D eigenvalue weighted by atomic mass is 35.5. The number of likely N-dealkylation sites (tertiary alicyclic amines) is 1. The van der Waals surface area contributed by atoms with Gasteiger partial charge in [-0.1, -0.05) is 41.9 Å². The van der Waals surface area contributed by atoms with E-state index in [1.165, 1.54) is 11.3 Å². The molecule has 132 valence electrons.